The van der Waals surface area contributed by atoms with Gasteiger partial charge in [-0.1, -0.05) is 22.0 Å². The normalized spacial score (nSPS) is 23.3. The Hall–Kier alpha value is -0.580. The zero-order chi connectivity index (χ0) is 13.1. The lowest BCUT2D eigenvalue weighted by molar-refractivity contribution is 0.118. The van der Waals surface area contributed by atoms with E-state index < -0.39 is 0 Å². The minimum absolute atomic E-state index is 0.303. The van der Waals surface area contributed by atoms with Crippen LogP contribution in [0.15, 0.2) is 22.7 Å². The summed E-state index contributed by atoms with van der Waals surface area (Å²) in [5.41, 5.74) is 8.09. The molecule has 100 valence electrons. The molecule has 2 atom stereocenters. The number of benzene rings is 1. The molecule has 0 radical (unpaired) electrons. The number of nitrogens with zero attached hydrogens (tertiary/aromatic N) is 1. The third-order valence-corrected chi connectivity index (χ3v) is 4.43. The van der Waals surface area contributed by atoms with Crippen LogP contribution < -0.4 is 10.6 Å². The van der Waals surface area contributed by atoms with Gasteiger partial charge < -0.3 is 15.4 Å². The van der Waals surface area contributed by atoms with Crippen molar-refractivity contribution in [3.63, 3.8) is 0 Å². The van der Waals surface area contributed by atoms with Gasteiger partial charge in [-0.25, -0.2) is 0 Å². The Morgan fingerprint density at radius 2 is 2.28 bits per heavy atom. The van der Waals surface area contributed by atoms with E-state index in [9.17, 15) is 0 Å². The fraction of sp³-hybridized carbons (Fsp3) is 0.571. The molecule has 4 heteroatoms. The van der Waals surface area contributed by atoms with Crippen molar-refractivity contribution in [2.45, 2.75) is 31.9 Å². The van der Waals surface area contributed by atoms with E-state index in [1.807, 2.05) is 0 Å². The molecule has 0 saturated carbocycles. The number of rotatable bonds is 4. The Morgan fingerprint density at radius 1 is 1.50 bits per heavy atom. The molecule has 18 heavy (non-hydrogen) atoms. The molecule has 0 bridgehead atoms. The first-order valence-electron chi connectivity index (χ1n) is 6.46. The number of hydrogen-bond donors (Lipinski definition) is 1. The lowest BCUT2D eigenvalue weighted by Gasteiger charge is -2.29. The van der Waals surface area contributed by atoms with Crippen LogP contribution in [0.4, 0.5) is 5.69 Å². The molecular formula is C14H21BrN2O. The molecule has 0 aliphatic carbocycles. The van der Waals surface area contributed by atoms with E-state index in [-0.39, 0.29) is 0 Å². The van der Waals surface area contributed by atoms with Gasteiger partial charge in [-0.2, -0.15) is 0 Å². The van der Waals surface area contributed by atoms with Gasteiger partial charge in [0.25, 0.3) is 0 Å². The summed E-state index contributed by atoms with van der Waals surface area (Å²) in [6.45, 7) is 3.69. The smallest absolute Gasteiger partial charge is 0.0750 e. The second-order valence-corrected chi connectivity index (χ2v) is 5.71. The fourth-order valence-electron chi connectivity index (χ4n) is 2.53. The van der Waals surface area contributed by atoms with E-state index in [1.165, 1.54) is 11.3 Å². The van der Waals surface area contributed by atoms with E-state index >= 15 is 0 Å². The Labute approximate surface area is 117 Å². The Kier molecular flexibility index (Phi) is 4.65. The van der Waals surface area contributed by atoms with Crippen molar-refractivity contribution in [1.29, 1.82) is 0 Å². The maximum absolute atomic E-state index is 5.63. The first-order chi connectivity index (χ1) is 8.63. The van der Waals surface area contributed by atoms with Crippen molar-refractivity contribution in [1.82, 2.24) is 0 Å². The predicted octanol–water partition coefficient (Wildman–Crippen LogP) is 2.56. The number of nitrogens with two attached hydrogens (primary N) is 1. The van der Waals surface area contributed by atoms with Crippen LogP contribution in [0, 0.1) is 0 Å². The average Bonchev–Trinajstić information content (AvgIpc) is 2.77. The predicted molar refractivity (Wildman–Crippen MR) is 79.1 cm³/mol. The molecule has 1 aliphatic heterocycles. The van der Waals surface area contributed by atoms with Crippen molar-refractivity contribution in [3.8, 4) is 0 Å². The van der Waals surface area contributed by atoms with Crippen LogP contribution in [0.25, 0.3) is 0 Å². The molecular weight excluding hydrogens is 292 g/mol. The molecule has 1 aromatic rings. The summed E-state index contributed by atoms with van der Waals surface area (Å²) in [5.74, 6) is 0. The number of hydrogen-bond acceptors (Lipinski definition) is 3. The van der Waals surface area contributed by atoms with Gasteiger partial charge >= 0.3 is 0 Å². The number of likely N-dealkylation sites (N-methyl/N-ethyl adjacent to an activating group) is 1. The summed E-state index contributed by atoms with van der Waals surface area (Å²) in [6, 6.07) is 6.97. The van der Waals surface area contributed by atoms with E-state index in [2.05, 4.69) is 53.0 Å². The van der Waals surface area contributed by atoms with Gasteiger partial charge in [0.05, 0.1) is 12.1 Å². The van der Waals surface area contributed by atoms with E-state index in [0.29, 0.717) is 18.7 Å². The first kappa shape index (κ1) is 13.8. The van der Waals surface area contributed by atoms with Crippen molar-refractivity contribution in [2.24, 2.45) is 5.73 Å². The van der Waals surface area contributed by atoms with Gasteiger partial charge in [-0.3, -0.25) is 0 Å². The SMILES string of the molecule is CC1OCCC1N(C)c1ccc(CCN)c(Br)c1. The van der Waals surface area contributed by atoms with Gasteiger partial charge in [0.15, 0.2) is 0 Å². The average molecular weight is 313 g/mol. The largest absolute Gasteiger partial charge is 0.376 e. The highest BCUT2D eigenvalue weighted by Gasteiger charge is 2.28. The molecule has 2 rings (SSSR count). The molecule has 2 N–H and O–H groups in total. The number of halogens is 1. The Morgan fingerprint density at radius 3 is 2.83 bits per heavy atom. The summed E-state index contributed by atoms with van der Waals surface area (Å²) in [4.78, 5) is 2.31. The van der Waals surface area contributed by atoms with Crippen LogP contribution in [0.5, 0.6) is 0 Å². The van der Waals surface area contributed by atoms with Crippen LogP contribution in [-0.4, -0.2) is 32.3 Å². The molecule has 0 spiro atoms. The standard InChI is InChI=1S/C14H21BrN2O/c1-10-14(6-8-18-10)17(2)12-4-3-11(5-7-16)13(15)9-12/h3-4,9-10,14H,5-8,16H2,1-2H3. The quantitative estimate of drug-likeness (QED) is 0.928. The third kappa shape index (κ3) is 2.87. The molecule has 1 saturated heterocycles. The van der Waals surface area contributed by atoms with Gasteiger partial charge in [0.2, 0.25) is 0 Å². The minimum Gasteiger partial charge on any atom is -0.376 e. The first-order valence-corrected chi connectivity index (χ1v) is 7.25. The van der Waals surface area contributed by atoms with Crippen molar-refractivity contribution < 1.29 is 4.74 Å². The summed E-state index contributed by atoms with van der Waals surface area (Å²) < 4.78 is 6.77. The lowest BCUT2D eigenvalue weighted by atomic mass is 10.1. The zero-order valence-corrected chi connectivity index (χ0v) is 12.6. The number of ether oxygens (including phenoxy) is 1. The van der Waals surface area contributed by atoms with E-state index in [4.69, 9.17) is 10.5 Å². The van der Waals surface area contributed by atoms with E-state index in [0.717, 1.165) is 23.9 Å². The third-order valence-electron chi connectivity index (χ3n) is 3.69. The second-order valence-electron chi connectivity index (χ2n) is 4.86. The maximum Gasteiger partial charge on any atom is 0.0750 e. The molecule has 2 unspecified atom stereocenters. The number of anilines is 1. The van der Waals surface area contributed by atoms with Crippen LogP contribution in [-0.2, 0) is 11.2 Å². The van der Waals surface area contributed by atoms with Crippen molar-refractivity contribution >= 4 is 21.6 Å². The highest BCUT2D eigenvalue weighted by atomic mass is 79.9. The highest BCUT2D eigenvalue weighted by molar-refractivity contribution is 9.10. The molecule has 1 fully saturated rings. The lowest BCUT2D eigenvalue weighted by Crippen LogP contribution is -2.36. The topological polar surface area (TPSA) is 38.5 Å². The molecule has 3 nitrogen and oxygen atoms in total. The molecule has 0 amide bonds. The van der Waals surface area contributed by atoms with Crippen molar-refractivity contribution in [3.05, 3.63) is 28.2 Å². The van der Waals surface area contributed by atoms with E-state index in [1.54, 1.807) is 0 Å². The van der Waals surface area contributed by atoms with Crippen LogP contribution >= 0.6 is 15.9 Å². The Balaban J connectivity index is 2.15. The summed E-state index contributed by atoms with van der Waals surface area (Å²) in [5, 5.41) is 0. The van der Waals surface area contributed by atoms with Gasteiger partial charge in [-0.15, -0.1) is 0 Å². The van der Waals surface area contributed by atoms with Gasteiger partial charge in [0.1, 0.15) is 0 Å². The zero-order valence-electron chi connectivity index (χ0n) is 11.0. The summed E-state index contributed by atoms with van der Waals surface area (Å²) in [6.07, 6.45) is 2.31. The Bertz CT molecular complexity index is 411. The van der Waals surface area contributed by atoms with Gasteiger partial charge in [0, 0.05) is 23.8 Å². The highest BCUT2D eigenvalue weighted by Crippen LogP contribution is 2.28. The van der Waals surface area contributed by atoms with Crippen LogP contribution in [0.1, 0.15) is 18.9 Å². The van der Waals surface area contributed by atoms with Crippen LogP contribution in [0.3, 0.4) is 0 Å². The summed E-state index contributed by atoms with van der Waals surface area (Å²) in [7, 11) is 2.14. The second kappa shape index (κ2) is 6.04. The van der Waals surface area contributed by atoms with Crippen molar-refractivity contribution in [2.75, 3.05) is 25.1 Å². The molecule has 1 aromatic carbocycles. The van der Waals surface area contributed by atoms with Crippen LogP contribution in [0.2, 0.25) is 0 Å². The monoisotopic (exact) mass is 312 g/mol. The summed E-state index contributed by atoms with van der Waals surface area (Å²) >= 11 is 3.63. The minimum atomic E-state index is 0.303. The fourth-order valence-corrected chi connectivity index (χ4v) is 3.10. The molecule has 1 heterocycles. The van der Waals surface area contributed by atoms with Gasteiger partial charge in [-0.05, 0) is 44.0 Å². The molecule has 1 aliphatic rings. The maximum atomic E-state index is 5.63. The molecule has 0 aromatic heterocycles.